The van der Waals surface area contributed by atoms with Crippen LogP contribution in [0.3, 0.4) is 0 Å². The number of nitrogens with two attached hydrogens (primary N) is 1. The van der Waals surface area contributed by atoms with Crippen molar-refractivity contribution in [3.05, 3.63) is 29.4 Å². The second-order valence-electron chi connectivity index (χ2n) is 8.20. The standard InChI is InChI=1S/C20H24ClF3N4O2.C2HF3O2/c1-28-18(16(21)11-26-28)15-10-14(6-7-17(15)30-9-8-25)27-19(29)12-2-4-13(5-3-12)20(22,23)24;3-2(4,5)1(6)7/h6-7,10-13H,2-5,8-9,25H2,1H3,(H,27,29);(H,6,7). The number of hydrogen-bond donors (Lipinski definition) is 3. The Hall–Kier alpha value is -3.00. The first-order valence-electron chi connectivity index (χ1n) is 11.0. The predicted molar refractivity (Wildman–Crippen MR) is 122 cm³/mol. The molecule has 4 N–H and O–H groups in total. The minimum atomic E-state index is -5.08. The Labute approximate surface area is 212 Å². The Kier molecular flexibility index (Phi) is 10.2. The number of nitrogens with one attached hydrogen (secondary N) is 1. The van der Waals surface area contributed by atoms with Gasteiger partial charge in [0.25, 0.3) is 0 Å². The van der Waals surface area contributed by atoms with E-state index in [1.165, 1.54) is 6.20 Å². The van der Waals surface area contributed by atoms with Crippen molar-refractivity contribution in [1.29, 1.82) is 0 Å². The zero-order valence-electron chi connectivity index (χ0n) is 19.5. The molecule has 8 nitrogen and oxygen atoms in total. The third-order valence-corrected chi connectivity index (χ3v) is 5.85. The minimum absolute atomic E-state index is 0.0245. The molecule has 1 amide bonds. The molecule has 0 atom stereocenters. The molecule has 0 bridgehead atoms. The zero-order chi connectivity index (χ0) is 28.0. The number of benzene rings is 1. The monoisotopic (exact) mass is 558 g/mol. The van der Waals surface area contributed by atoms with E-state index in [0.717, 1.165) is 0 Å². The van der Waals surface area contributed by atoms with Crippen molar-refractivity contribution in [2.75, 3.05) is 18.5 Å². The topological polar surface area (TPSA) is 119 Å². The number of amides is 1. The summed E-state index contributed by atoms with van der Waals surface area (Å²) in [7, 11) is 1.73. The van der Waals surface area contributed by atoms with Gasteiger partial charge in [0.15, 0.2) is 0 Å². The Morgan fingerprint density at radius 1 is 1.19 bits per heavy atom. The van der Waals surface area contributed by atoms with Crippen LogP contribution in [0.2, 0.25) is 5.02 Å². The van der Waals surface area contributed by atoms with E-state index in [-0.39, 0.29) is 31.6 Å². The van der Waals surface area contributed by atoms with Crippen molar-refractivity contribution in [1.82, 2.24) is 9.78 Å². The van der Waals surface area contributed by atoms with Crippen molar-refractivity contribution in [3.8, 4) is 17.0 Å². The van der Waals surface area contributed by atoms with E-state index in [1.54, 1.807) is 29.9 Å². The lowest BCUT2D eigenvalue weighted by molar-refractivity contribution is -0.192. The fourth-order valence-corrected chi connectivity index (χ4v) is 4.00. The van der Waals surface area contributed by atoms with Crippen LogP contribution in [-0.2, 0) is 16.6 Å². The highest BCUT2D eigenvalue weighted by Crippen LogP contribution is 2.40. The normalized spacial score (nSPS) is 18.0. The SMILES string of the molecule is Cn1ncc(Cl)c1-c1cc(NC(=O)C2CCC(C(F)(F)F)CC2)ccc1OCCN.O=C(O)C(F)(F)F. The predicted octanol–water partition coefficient (Wildman–Crippen LogP) is 5.02. The molecule has 0 radical (unpaired) electrons. The van der Waals surface area contributed by atoms with Gasteiger partial charge in [0.2, 0.25) is 5.91 Å². The first-order valence-corrected chi connectivity index (χ1v) is 11.3. The van der Waals surface area contributed by atoms with Gasteiger partial charge in [0.05, 0.1) is 22.8 Å². The van der Waals surface area contributed by atoms with Gasteiger partial charge in [-0.3, -0.25) is 9.48 Å². The van der Waals surface area contributed by atoms with Crippen LogP contribution in [0.4, 0.5) is 32.0 Å². The summed E-state index contributed by atoms with van der Waals surface area (Å²) >= 11 is 6.27. The lowest BCUT2D eigenvalue weighted by Gasteiger charge is -2.29. The van der Waals surface area contributed by atoms with Gasteiger partial charge in [-0.2, -0.15) is 31.4 Å². The van der Waals surface area contributed by atoms with Crippen LogP contribution in [0.15, 0.2) is 24.4 Å². The van der Waals surface area contributed by atoms with Crippen LogP contribution in [0.1, 0.15) is 25.7 Å². The molecule has 1 heterocycles. The maximum atomic E-state index is 12.8. The van der Waals surface area contributed by atoms with E-state index < -0.39 is 30.2 Å². The highest BCUT2D eigenvalue weighted by molar-refractivity contribution is 6.33. The smallest absolute Gasteiger partial charge is 0.490 e. The van der Waals surface area contributed by atoms with Crippen LogP contribution in [0.25, 0.3) is 11.3 Å². The Morgan fingerprint density at radius 3 is 2.24 bits per heavy atom. The summed E-state index contributed by atoms with van der Waals surface area (Å²) in [5.74, 6) is -4.27. The molecule has 2 aromatic rings. The fourth-order valence-electron chi connectivity index (χ4n) is 3.73. The molecule has 206 valence electrons. The number of halogens is 7. The summed E-state index contributed by atoms with van der Waals surface area (Å²) < 4.78 is 77.6. The van der Waals surface area contributed by atoms with Crippen LogP contribution in [0, 0.1) is 11.8 Å². The first-order chi connectivity index (χ1) is 17.1. The summed E-state index contributed by atoms with van der Waals surface area (Å²) in [4.78, 5) is 21.5. The van der Waals surface area contributed by atoms with Gasteiger partial charge in [-0.25, -0.2) is 4.79 Å². The molecule has 0 unspecified atom stereocenters. The number of alkyl halides is 6. The van der Waals surface area contributed by atoms with E-state index in [9.17, 15) is 31.1 Å². The molecule has 1 aliphatic carbocycles. The maximum Gasteiger partial charge on any atom is 0.490 e. The summed E-state index contributed by atoms with van der Waals surface area (Å²) in [5.41, 5.74) is 7.28. The third-order valence-electron chi connectivity index (χ3n) is 5.58. The Bertz CT molecular complexity index is 1060. The molecule has 0 aliphatic heterocycles. The van der Waals surface area contributed by atoms with Crippen molar-refractivity contribution < 1.29 is 45.8 Å². The number of carboxylic acids is 1. The molecule has 1 fully saturated rings. The van der Waals surface area contributed by atoms with E-state index in [4.69, 9.17) is 32.0 Å². The number of aryl methyl sites for hydroxylation is 1. The number of rotatable bonds is 6. The number of aliphatic carboxylic acids is 1. The van der Waals surface area contributed by atoms with Crippen molar-refractivity contribution in [3.63, 3.8) is 0 Å². The molecule has 1 aromatic heterocycles. The number of carbonyl (C=O) groups is 2. The average Bonchev–Trinajstić information content (AvgIpc) is 3.15. The molecule has 37 heavy (non-hydrogen) atoms. The Morgan fingerprint density at radius 2 is 1.78 bits per heavy atom. The summed E-state index contributed by atoms with van der Waals surface area (Å²) in [6.07, 6.45) is -7.39. The van der Waals surface area contributed by atoms with Gasteiger partial charge in [-0.05, 0) is 43.9 Å². The highest BCUT2D eigenvalue weighted by Gasteiger charge is 2.42. The number of carboxylic acid groups (broad SMARTS) is 1. The molecule has 1 aliphatic rings. The molecular weight excluding hydrogens is 534 g/mol. The first kappa shape index (κ1) is 30.2. The number of anilines is 1. The summed E-state index contributed by atoms with van der Waals surface area (Å²) in [6, 6.07) is 5.09. The van der Waals surface area contributed by atoms with Crippen molar-refractivity contribution >= 4 is 29.2 Å². The summed E-state index contributed by atoms with van der Waals surface area (Å²) in [6.45, 7) is 0.633. The molecule has 0 spiro atoms. The van der Waals surface area contributed by atoms with Gasteiger partial charge >= 0.3 is 18.3 Å². The highest BCUT2D eigenvalue weighted by atomic mass is 35.5. The number of aromatic nitrogens is 2. The molecule has 15 heteroatoms. The largest absolute Gasteiger partial charge is 0.492 e. The van der Waals surface area contributed by atoms with E-state index >= 15 is 0 Å². The van der Waals surface area contributed by atoms with Crippen molar-refractivity contribution in [2.45, 2.75) is 38.0 Å². The van der Waals surface area contributed by atoms with Gasteiger partial charge < -0.3 is 20.9 Å². The van der Waals surface area contributed by atoms with E-state index in [2.05, 4.69) is 10.4 Å². The van der Waals surface area contributed by atoms with Gasteiger partial charge in [-0.1, -0.05) is 11.6 Å². The number of ether oxygens (including phenoxy) is 1. The molecule has 1 saturated carbocycles. The second-order valence-corrected chi connectivity index (χ2v) is 8.60. The number of carbonyl (C=O) groups excluding carboxylic acids is 1. The molecular formula is C22H25ClF6N4O4. The lowest BCUT2D eigenvalue weighted by atomic mass is 9.81. The van der Waals surface area contributed by atoms with Crippen LogP contribution < -0.4 is 15.8 Å². The molecule has 1 aromatic carbocycles. The van der Waals surface area contributed by atoms with Gasteiger partial charge in [0, 0.05) is 30.8 Å². The summed E-state index contributed by atoms with van der Waals surface area (Å²) in [5, 5.41) is 14.5. The van der Waals surface area contributed by atoms with Gasteiger partial charge in [0.1, 0.15) is 12.4 Å². The van der Waals surface area contributed by atoms with Gasteiger partial charge in [-0.15, -0.1) is 0 Å². The zero-order valence-corrected chi connectivity index (χ0v) is 20.3. The Balaban J connectivity index is 0.000000604. The van der Waals surface area contributed by atoms with Crippen LogP contribution in [0.5, 0.6) is 5.75 Å². The number of nitrogens with zero attached hydrogens (tertiary/aromatic N) is 2. The van der Waals surface area contributed by atoms with Crippen molar-refractivity contribution in [2.24, 2.45) is 24.6 Å². The minimum Gasteiger partial charge on any atom is -0.492 e. The second kappa shape index (κ2) is 12.5. The van der Waals surface area contributed by atoms with E-state index in [1.807, 2.05) is 0 Å². The maximum absolute atomic E-state index is 12.8. The van der Waals surface area contributed by atoms with E-state index in [0.29, 0.717) is 40.9 Å². The lowest BCUT2D eigenvalue weighted by Crippen LogP contribution is -2.32. The quantitative estimate of drug-likeness (QED) is 0.428. The third kappa shape index (κ3) is 8.52. The average molecular weight is 559 g/mol. The number of hydrogen-bond acceptors (Lipinski definition) is 5. The molecule has 0 saturated heterocycles. The fraction of sp³-hybridized carbons (Fsp3) is 0.500. The van der Waals surface area contributed by atoms with Crippen LogP contribution in [-0.4, -0.2) is 52.3 Å². The van der Waals surface area contributed by atoms with Crippen LogP contribution >= 0.6 is 11.6 Å². The molecule has 3 rings (SSSR count).